The molecule has 1 aromatic carbocycles. The van der Waals surface area contributed by atoms with E-state index in [4.69, 9.17) is 9.47 Å². The van der Waals surface area contributed by atoms with Crippen molar-refractivity contribution in [1.82, 2.24) is 4.90 Å². The molecule has 4 nitrogen and oxygen atoms in total. The van der Waals surface area contributed by atoms with Gasteiger partial charge in [-0.25, -0.2) is 0 Å². The molecule has 0 aromatic heterocycles. The van der Waals surface area contributed by atoms with Crippen LogP contribution in [0.1, 0.15) is 24.0 Å². The quantitative estimate of drug-likeness (QED) is 0.863. The van der Waals surface area contributed by atoms with E-state index in [9.17, 15) is 5.11 Å². The van der Waals surface area contributed by atoms with Crippen molar-refractivity contribution in [1.29, 1.82) is 0 Å². The number of likely N-dealkylation sites (tertiary alicyclic amines) is 1. The van der Waals surface area contributed by atoms with Crippen LogP contribution in [0.15, 0.2) is 24.0 Å². The van der Waals surface area contributed by atoms with E-state index in [0.717, 1.165) is 31.6 Å². The van der Waals surface area contributed by atoms with Crippen LogP contribution in [-0.2, 0) is 16.6 Å². The van der Waals surface area contributed by atoms with Crippen LogP contribution in [0, 0.1) is 5.92 Å². The third kappa shape index (κ3) is 1.25. The summed E-state index contributed by atoms with van der Waals surface area (Å²) in [4.78, 5) is 2.51. The van der Waals surface area contributed by atoms with Crippen LogP contribution in [0.5, 0.6) is 11.5 Å². The van der Waals surface area contributed by atoms with E-state index in [2.05, 4.69) is 24.1 Å². The molecule has 1 fully saturated rings. The zero-order valence-electron chi connectivity index (χ0n) is 13.0. The Morgan fingerprint density at radius 3 is 3.09 bits per heavy atom. The molecule has 0 amide bonds. The number of benzene rings is 1. The maximum absolute atomic E-state index is 10.3. The summed E-state index contributed by atoms with van der Waals surface area (Å²) in [5, 5.41) is 10.3. The van der Waals surface area contributed by atoms with Gasteiger partial charge in [-0.3, -0.25) is 0 Å². The van der Waals surface area contributed by atoms with Crippen molar-refractivity contribution in [3.8, 4) is 11.5 Å². The number of phenolic OH excluding ortho intramolecular Hbond substituents is 1. The van der Waals surface area contributed by atoms with Gasteiger partial charge < -0.3 is 19.5 Å². The smallest absolute Gasteiger partial charge is 0.166 e. The van der Waals surface area contributed by atoms with Crippen molar-refractivity contribution in [3.63, 3.8) is 0 Å². The van der Waals surface area contributed by atoms with Crippen molar-refractivity contribution in [2.24, 2.45) is 5.92 Å². The molecule has 2 aliphatic carbocycles. The predicted molar refractivity (Wildman–Crippen MR) is 82.1 cm³/mol. The molecule has 4 heteroatoms. The molecule has 1 spiro atoms. The highest BCUT2D eigenvalue weighted by Gasteiger charge is 2.64. The minimum atomic E-state index is -0.0743. The average molecular weight is 299 g/mol. The maximum atomic E-state index is 10.3. The number of nitrogens with zero attached hydrogens (tertiary/aromatic N) is 1. The summed E-state index contributed by atoms with van der Waals surface area (Å²) in [7, 11) is 3.97. The lowest BCUT2D eigenvalue weighted by atomic mass is 9.53. The first kappa shape index (κ1) is 12.8. The van der Waals surface area contributed by atoms with Gasteiger partial charge in [-0.2, -0.15) is 0 Å². The summed E-state index contributed by atoms with van der Waals surface area (Å²) in [6.07, 6.45) is 5.28. The van der Waals surface area contributed by atoms with Crippen LogP contribution in [0.2, 0.25) is 0 Å². The van der Waals surface area contributed by atoms with Crippen molar-refractivity contribution in [2.75, 3.05) is 20.7 Å². The van der Waals surface area contributed by atoms with Crippen molar-refractivity contribution < 1.29 is 14.6 Å². The first-order valence-corrected chi connectivity index (χ1v) is 8.13. The van der Waals surface area contributed by atoms with Crippen LogP contribution in [-0.4, -0.2) is 42.9 Å². The monoisotopic (exact) mass is 299 g/mol. The summed E-state index contributed by atoms with van der Waals surface area (Å²) in [6.45, 7) is 1.08. The second-order valence-electron chi connectivity index (χ2n) is 7.14. The zero-order valence-corrected chi connectivity index (χ0v) is 13.0. The molecule has 4 aliphatic rings. The minimum Gasteiger partial charge on any atom is -0.504 e. The summed E-state index contributed by atoms with van der Waals surface area (Å²) in [6, 6.07) is 4.43. The third-order valence-corrected chi connectivity index (χ3v) is 6.46. The standard InChI is InChI=1S/C18H21NO3/c1-19-8-7-18-11-4-6-14(21-2)17(18)22-16-13(20)5-3-10(15(16)18)9-12(11)19/h3,5-6,11-12,17,20H,4,7-9H2,1-2H3/t11?,12?,17-,18-/m0/s1. The molecule has 2 bridgehead atoms. The van der Waals surface area contributed by atoms with Crippen molar-refractivity contribution in [3.05, 3.63) is 35.1 Å². The normalized spacial score (nSPS) is 38.1. The number of allylic oxidation sites excluding steroid dienone is 1. The van der Waals surface area contributed by atoms with Gasteiger partial charge >= 0.3 is 0 Å². The summed E-state index contributed by atoms with van der Waals surface area (Å²) in [5.41, 5.74) is 2.61. The van der Waals surface area contributed by atoms with E-state index in [1.54, 1.807) is 13.2 Å². The molecule has 2 unspecified atom stereocenters. The van der Waals surface area contributed by atoms with E-state index < -0.39 is 0 Å². The molecule has 2 aliphatic heterocycles. The second-order valence-corrected chi connectivity index (χ2v) is 7.14. The highest BCUT2D eigenvalue weighted by atomic mass is 16.5. The molecule has 1 aromatic rings. The molecule has 2 heterocycles. The van der Waals surface area contributed by atoms with Crippen molar-refractivity contribution >= 4 is 0 Å². The molecule has 1 saturated heterocycles. The van der Waals surface area contributed by atoms with Gasteiger partial charge in [0, 0.05) is 17.0 Å². The summed E-state index contributed by atoms with van der Waals surface area (Å²) in [5.74, 6) is 2.46. The van der Waals surface area contributed by atoms with E-state index in [1.165, 1.54) is 11.1 Å². The summed E-state index contributed by atoms with van der Waals surface area (Å²) >= 11 is 0. The minimum absolute atomic E-state index is 0.0150. The van der Waals surface area contributed by atoms with E-state index in [0.29, 0.717) is 17.7 Å². The Morgan fingerprint density at radius 1 is 1.41 bits per heavy atom. The SMILES string of the molecule is COC1=CCC2C3Cc4ccc(O)c5c4[C@@]2(CCN3C)[C@H]1O5. The van der Waals surface area contributed by atoms with Gasteiger partial charge in [0.05, 0.1) is 7.11 Å². The van der Waals surface area contributed by atoms with Gasteiger partial charge in [0.1, 0.15) is 5.76 Å². The topological polar surface area (TPSA) is 41.9 Å². The zero-order chi connectivity index (χ0) is 15.1. The number of phenols is 1. The number of aromatic hydroxyl groups is 1. The predicted octanol–water partition coefficient (Wildman–Crippen LogP) is 2.20. The van der Waals surface area contributed by atoms with Crippen LogP contribution in [0.4, 0.5) is 0 Å². The maximum Gasteiger partial charge on any atom is 0.166 e. The number of methoxy groups -OCH3 is 1. The van der Waals surface area contributed by atoms with Crippen LogP contribution in [0.25, 0.3) is 0 Å². The Labute approximate surface area is 130 Å². The molecule has 0 saturated carbocycles. The molecule has 22 heavy (non-hydrogen) atoms. The van der Waals surface area contributed by atoms with Gasteiger partial charge in [-0.1, -0.05) is 6.07 Å². The molecule has 4 atom stereocenters. The number of ether oxygens (including phenoxy) is 2. The number of hydrogen-bond donors (Lipinski definition) is 1. The highest BCUT2D eigenvalue weighted by Crippen LogP contribution is 2.63. The fraction of sp³-hybridized carbons (Fsp3) is 0.556. The number of rotatable bonds is 1. The fourth-order valence-corrected chi connectivity index (χ4v) is 5.51. The molecule has 116 valence electrons. The van der Waals surface area contributed by atoms with Gasteiger partial charge in [0.15, 0.2) is 17.6 Å². The number of likely N-dealkylation sites (N-methyl/N-ethyl adjacent to an activating group) is 1. The number of piperidine rings is 1. The highest BCUT2D eigenvalue weighted by molar-refractivity contribution is 5.61. The van der Waals surface area contributed by atoms with Crippen molar-refractivity contribution in [2.45, 2.75) is 36.8 Å². The Hall–Kier alpha value is -1.68. The average Bonchev–Trinajstić information content (AvgIpc) is 2.88. The summed E-state index contributed by atoms with van der Waals surface area (Å²) < 4.78 is 11.9. The van der Waals surface area contributed by atoms with Crippen LogP contribution >= 0.6 is 0 Å². The van der Waals surface area contributed by atoms with E-state index in [-0.39, 0.29) is 17.3 Å². The lowest BCUT2D eigenvalue weighted by molar-refractivity contribution is -0.0267. The van der Waals surface area contributed by atoms with E-state index in [1.807, 2.05) is 0 Å². The Bertz CT molecular complexity index is 698. The van der Waals surface area contributed by atoms with Gasteiger partial charge in [0.25, 0.3) is 0 Å². The van der Waals surface area contributed by atoms with E-state index >= 15 is 0 Å². The molecular weight excluding hydrogens is 278 g/mol. The largest absolute Gasteiger partial charge is 0.504 e. The fourth-order valence-electron chi connectivity index (χ4n) is 5.51. The molecule has 5 rings (SSSR count). The first-order chi connectivity index (χ1) is 10.7. The Kier molecular flexibility index (Phi) is 2.32. The van der Waals surface area contributed by atoms with Crippen LogP contribution in [0.3, 0.4) is 0 Å². The third-order valence-electron chi connectivity index (χ3n) is 6.46. The lowest BCUT2D eigenvalue weighted by Crippen LogP contribution is -2.63. The molecule has 0 radical (unpaired) electrons. The first-order valence-electron chi connectivity index (χ1n) is 8.13. The number of hydrogen-bond acceptors (Lipinski definition) is 4. The molecular formula is C18H21NO3. The van der Waals surface area contributed by atoms with Crippen LogP contribution < -0.4 is 4.74 Å². The second kappa shape index (κ2) is 3.99. The Balaban J connectivity index is 1.82. The molecule has 1 N–H and O–H groups in total. The van der Waals surface area contributed by atoms with Gasteiger partial charge in [0.2, 0.25) is 0 Å². The van der Waals surface area contributed by atoms with Gasteiger partial charge in [-0.05, 0) is 56.5 Å². The van der Waals surface area contributed by atoms with Gasteiger partial charge in [-0.15, -0.1) is 0 Å². The lowest BCUT2D eigenvalue weighted by Gasteiger charge is -2.56. The Morgan fingerprint density at radius 2 is 2.27 bits per heavy atom.